The summed E-state index contributed by atoms with van der Waals surface area (Å²) >= 11 is 0. The molecule has 19 heavy (non-hydrogen) atoms. The molecule has 1 nitrogen and oxygen atoms in total. The van der Waals surface area contributed by atoms with Crippen LogP contribution in [0.1, 0.15) is 40.8 Å². The second-order valence-corrected chi connectivity index (χ2v) is 5.20. The van der Waals surface area contributed by atoms with Crippen LogP contribution in [-0.4, -0.2) is 0 Å². The molecule has 2 aliphatic rings. The molecule has 2 heteroatoms. The van der Waals surface area contributed by atoms with Crippen LogP contribution in [0.3, 0.4) is 0 Å². The molecule has 1 unspecified atom stereocenters. The third-order valence-corrected chi connectivity index (χ3v) is 4.22. The molecule has 0 amide bonds. The maximum atomic E-state index is 3.68. The lowest BCUT2D eigenvalue weighted by molar-refractivity contribution is 0.764. The molecular weight excluding hydrogens is 254 g/mol. The highest BCUT2D eigenvalue weighted by Crippen LogP contribution is 2.47. The van der Waals surface area contributed by atoms with E-state index in [1.54, 1.807) is 0 Å². The topological polar surface area (TPSA) is 12.0 Å². The van der Waals surface area contributed by atoms with E-state index in [9.17, 15) is 0 Å². The monoisotopic (exact) mass is 269 g/mol. The van der Waals surface area contributed by atoms with Crippen LogP contribution in [-0.2, 0) is 0 Å². The minimum absolute atomic E-state index is 0. The third-order valence-electron chi connectivity index (χ3n) is 4.22. The SMILES string of the molecule is CC1=C2NC(c3ccccc32)c2c(C)cccc21.Cl. The molecule has 2 aromatic rings. The largest absolute Gasteiger partial charge is 0.373 e. The van der Waals surface area contributed by atoms with E-state index in [1.165, 1.54) is 39.1 Å². The average Bonchev–Trinajstić information content (AvgIpc) is 2.73. The van der Waals surface area contributed by atoms with Gasteiger partial charge in [0.2, 0.25) is 0 Å². The Labute approximate surface area is 119 Å². The lowest BCUT2D eigenvalue weighted by Gasteiger charge is -2.25. The number of hydrogen-bond acceptors (Lipinski definition) is 1. The van der Waals surface area contributed by atoms with Gasteiger partial charge in [-0.1, -0.05) is 42.5 Å². The predicted octanol–water partition coefficient (Wildman–Crippen LogP) is 4.31. The lowest BCUT2D eigenvalue weighted by atomic mass is 9.89. The molecule has 0 spiro atoms. The molecule has 96 valence electrons. The van der Waals surface area contributed by atoms with E-state index in [2.05, 4.69) is 61.6 Å². The molecule has 2 aliphatic heterocycles. The standard InChI is InChI=1S/C17H15N.ClH/c1-10-6-5-9-12-11(2)16-13-7-3-4-8-14(13)17(18-16)15(10)12;/h3-9,17-18H,1-2H3;1H. The summed E-state index contributed by atoms with van der Waals surface area (Å²) < 4.78 is 0. The number of fused-ring (bicyclic) bond motifs is 7. The highest BCUT2D eigenvalue weighted by Gasteiger charge is 2.34. The van der Waals surface area contributed by atoms with Gasteiger partial charge in [0, 0.05) is 11.3 Å². The van der Waals surface area contributed by atoms with Crippen LogP contribution in [0, 0.1) is 6.92 Å². The number of halogens is 1. The van der Waals surface area contributed by atoms with Gasteiger partial charge in [0.05, 0.1) is 6.04 Å². The van der Waals surface area contributed by atoms with Gasteiger partial charge >= 0.3 is 0 Å². The van der Waals surface area contributed by atoms with Crippen LogP contribution < -0.4 is 5.32 Å². The van der Waals surface area contributed by atoms with Gasteiger partial charge in [0.15, 0.2) is 0 Å². The predicted molar refractivity (Wildman–Crippen MR) is 82.3 cm³/mol. The molecule has 4 rings (SSSR count). The maximum absolute atomic E-state index is 3.68. The molecule has 1 N–H and O–H groups in total. The van der Waals surface area contributed by atoms with Gasteiger partial charge < -0.3 is 5.32 Å². The van der Waals surface area contributed by atoms with Crippen LogP contribution in [0.4, 0.5) is 0 Å². The summed E-state index contributed by atoms with van der Waals surface area (Å²) in [6.07, 6.45) is 0. The first-order chi connectivity index (χ1) is 8.77. The molecule has 0 radical (unpaired) electrons. The Morgan fingerprint density at radius 3 is 2.47 bits per heavy atom. The molecule has 0 aromatic heterocycles. The zero-order valence-electron chi connectivity index (χ0n) is 11.0. The fourth-order valence-electron chi connectivity index (χ4n) is 3.34. The molecule has 2 bridgehead atoms. The van der Waals surface area contributed by atoms with E-state index in [4.69, 9.17) is 0 Å². The molecule has 2 aromatic carbocycles. The van der Waals surface area contributed by atoms with Crippen molar-refractivity contribution in [2.24, 2.45) is 0 Å². The van der Waals surface area contributed by atoms with E-state index in [0.29, 0.717) is 6.04 Å². The summed E-state index contributed by atoms with van der Waals surface area (Å²) in [5.74, 6) is 0. The lowest BCUT2D eigenvalue weighted by Crippen LogP contribution is -2.20. The fraction of sp³-hybridized carbons (Fsp3) is 0.176. The Kier molecular flexibility index (Phi) is 2.68. The Hall–Kier alpha value is -1.73. The van der Waals surface area contributed by atoms with Gasteiger partial charge in [-0.2, -0.15) is 0 Å². The number of hydrogen-bond donors (Lipinski definition) is 1. The summed E-state index contributed by atoms with van der Waals surface area (Å²) in [6.45, 7) is 4.43. The van der Waals surface area contributed by atoms with Gasteiger partial charge in [0.1, 0.15) is 0 Å². The van der Waals surface area contributed by atoms with E-state index < -0.39 is 0 Å². The highest BCUT2D eigenvalue weighted by atomic mass is 35.5. The van der Waals surface area contributed by atoms with Crippen molar-refractivity contribution in [2.75, 3.05) is 0 Å². The smallest absolute Gasteiger partial charge is 0.0782 e. The average molecular weight is 270 g/mol. The summed E-state index contributed by atoms with van der Waals surface area (Å²) in [5.41, 5.74) is 9.70. The van der Waals surface area contributed by atoms with Crippen LogP contribution in [0.25, 0.3) is 11.3 Å². The highest BCUT2D eigenvalue weighted by molar-refractivity contribution is 5.96. The van der Waals surface area contributed by atoms with Gasteiger partial charge in [-0.3, -0.25) is 0 Å². The molecule has 0 saturated heterocycles. The van der Waals surface area contributed by atoms with Crippen molar-refractivity contribution in [2.45, 2.75) is 19.9 Å². The first-order valence-corrected chi connectivity index (χ1v) is 6.44. The summed E-state index contributed by atoms with van der Waals surface area (Å²) in [5, 5.41) is 3.68. The van der Waals surface area contributed by atoms with Crippen molar-refractivity contribution < 1.29 is 0 Å². The molecule has 0 saturated carbocycles. The van der Waals surface area contributed by atoms with Crippen LogP contribution in [0.5, 0.6) is 0 Å². The minimum Gasteiger partial charge on any atom is -0.373 e. The second-order valence-electron chi connectivity index (χ2n) is 5.20. The second kappa shape index (κ2) is 4.14. The Bertz CT molecular complexity index is 700. The minimum atomic E-state index is 0. The maximum Gasteiger partial charge on any atom is 0.0782 e. The van der Waals surface area contributed by atoms with Crippen molar-refractivity contribution >= 4 is 23.7 Å². The first-order valence-electron chi connectivity index (χ1n) is 6.44. The van der Waals surface area contributed by atoms with Crippen molar-refractivity contribution in [3.05, 3.63) is 70.3 Å². The quantitative estimate of drug-likeness (QED) is 0.751. The van der Waals surface area contributed by atoms with Crippen molar-refractivity contribution in [1.29, 1.82) is 0 Å². The van der Waals surface area contributed by atoms with Gasteiger partial charge in [-0.05, 0) is 41.7 Å². The number of allylic oxidation sites excluding steroid dienone is 1. The number of benzene rings is 2. The zero-order chi connectivity index (χ0) is 12.3. The van der Waals surface area contributed by atoms with Gasteiger partial charge in [0.25, 0.3) is 0 Å². The van der Waals surface area contributed by atoms with E-state index in [-0.39, 0.29) is 12.4 Å². The summed E-state index contributed by atoms with van der Waals surface area (Å²) in [7, 11) is 0. The first kappa shape index (κ1) is 12.3. The van der Waals surface area contributed by atoms with Gasteiger partial charge in [-0.15, -0.1) is 12.4 Å². The Morgan fingerprint density at radius 2 is 1.63 bits per heavy atom. The number of nitrogens with one attached hydrogen (secondary N) is 1. The summed E-state index contributed by atoms with van der Waals surface area (Å²) in [6, 6.07) is 15.7. The van der Waals surface area contributed by atoms with Crippen LogP contribution in [0.15, 0.2) is 42.5 Å². The van der Waals surface area contributed by atoms with Crippen LogP contribution in [0.2, 0.25) is 0 Å². The zero-order valence-corrected chi connectivity index (χ0v) is 11.8. The van der Waals surface area contributed by atoms with Crippen LogP contribution >= 0.6 is 12.4 Å². The van der Waals surface area contributed by atoms with E-state index in [1.807, 2.05) is 0 Å². The summed E-state index contributed by atoms with van der Waals surface area (Å²) in [4.78, 5) is 0. The number of rotatable bonds is 0. The Balaban J connectivity index is 0.00000110. The third kappa shape index (κ3) is 1.48. The van der Waals surface area contributed by atoms with Crippen molar-refractivity contribution in [3.8, 4) is 0 Å². The number of aryl methyl sites for hydroxylation is 1. The molecule has 0 fully saturated rings. The molecule has 2 heterocycles. The molecule has 1 atom stereocenters. The Morgan fingerprint density at radius 1 is 0.895 bits per heavy atom. The fourth-order valence-corrected chi connectivity index (χ4v) is 3.34. The van der Waals surface area contributed by atoms with Crippen molar-refractivity contribution in [3.63, 3.8) is 0 Å². The molecular formula is C17H16ClN. The van der Waals surface area contributed by atoms with E-state index in [0.717, 1.165) is 0 Å². The van der Waals surface area contributed by atoms with Crippen molar-refractivity contribution in [1.82, 2.24) is 5.32 Å². The van der Waals surface area contributed by atoms with Gasteiger partial charge in [-0.25, -0.2) is 0 Å². The molecule has 0 aliphatic carbocycles. The van der Waals surface area contributed by atoms with E-state index >= 15 is 0 Å². The normalized spacial score (nSPS) is 18.3.